The summed E-state index contributed by atoms with van der Waals surface area (Å²) in [5, 5.41) is 0.0291. The number of likely N-dealkylation sites (N-methyl/N-ethyl adjacent to an activating group) is 1. The Morgan fingerprint density at radius 2 is 1.86 bits per heavy atom. The molecule has 21 heavy (non-hydrogen) atoms. The minimum Gasteiger partial charge on any atom is -0.497 e. The monoisotopic (exact) mass is 310 g/mol. The molecule has 5 nitrogen and oxygen atoms in total. The molecule has 2 rings (SSSR count). The average molecular weight is 310 g/mol. The van der Waals surface area contributed by atoms with Gasteiger partial charge in [-0.3, -0.25) is 4.79 Å². The van der Waals surface area contributed by atoms with E-state index < -0.39 is 0 Å². The second kappa shape index (κ2) is 7.04. The molecule has 0 aliphatic carbocycles. The molecule has 1 aromatic carbocycles. The molecule has 0 bridgehead atoms. The topological polar surface area (TPSA) is 42.0 Å². The van der Waals surface area contributed by atoms with E-state index in [0.717, 1.165) is 30.2 Å². The van der Waals surface area contributed by atoms with Crippen molar-refractivity contribution in [2.75, 3.05) is 47.2 Å². The van der Waals surface area contributed by atoms with Crippen LogP contribution >= 0.6 is 11.8 Å². The smallest absolute Gasteiger partial charge is 0.233 e. The maximum atomic E-state index is 12.1. The zero-order chi connectivity index (χ0) is 15.4. The average Bonchev–Trinajstić information content (AvgIpc) is 2.85. The number of nitrogens with zero attached hydrogens (tertiary/aromatic N) is 2. The molecule has 1 saturated heterocycles. The third kappa shape index (κ3) is 3.83. The Morgan fingerprint density at radius 1 is 1.24 bits per heavy atom. The van der Waals surface area contributed by atoms with E-state index in [-0.39, 0.29) is 11.3 Å². The molecule has 0 saturated carbocycles. The van der Waals surface area contributed by atoms with Crippen LogP contribution in [0.3, 0.4) is 0 Å². The lowest BCUT2D eigenvalue weighted by Gasteiger charge is -2.26. The summed E-state index contributed by atoms with van der Waals surface area (Å²) in [6, 6.07) is 5.79. The van der Waals surface area contributed by atoms with Crippen molar-refractivity contribution in [1.82, 2.24) is 9.80 Å². The Kier molecular flexibility index (Phi) is 5.36. The van der Waals surface area contributed by atoms with Gasteiger partial charge in [-0.15, -0.1) is 11.8 Å². The molecule has 1 aliphatic heterocycles. The van der Waals surface area contributed by atoms with Crippen LogP contribution in [-0.2, 0) is 4.79 Å². The molecule has 1 unspecified atom stereocenters. The van der Waals surface area contributed by atoms with Crippen LogP contribution in [0.4, 0.5) is 0 Å². The number of methoxy groups -OCH3 is 2. The van der Waals surface area contributed by atoms with Crippen LogP contribution in [-0.4, -0.2) is 62.9 Å². The van der Waals surface area contributed by atoms with Gasteiger partial charge in [0.25, 0.3) is 0 Å². The van der Waals surface area contributed by atoms with Crippen molar-refractivity contribution in [3.05, 3.63) is 23.8 Å². The van der Waals surface area contributed by atoms with E-state index >= 15 is 0 Å². The van der Waals surface area contributed by atoms with Crippen LogP contribution < -0.4 is 9.47 Å². The van der Waals surface area contributed by atoms with Gasteiger partial charge in [0.05, 0.1) is 20.0 Å². The predicted octanol–water partition coefficient (Wildman–Crippen LogP) is 1.84. The highest BCUT2D eigenvalue weighted by Crippen LogP contribution is 2.40. The standard InChI is InChI=1S/C15H22N2O3S/c1-16(2)5-6-17-14(18)10-21-15(17)11-7-12(19-3)9-13(8-11)20-4/h7-9,15H,5-6,10H2,1-4H3. The van der Waals surface area contributed by atoms with E-state index in [1.165, 1.54) is 0 Å². The summed E-state index contributed by atoms with van der Waals surface area (Å²) >= 11 is 1.65. The van der Waals surface area contributed by atoms with Crippen LogP contribution in [0.1, 0.15) is 10.9 Å². The third-order valence-electron chi connectivity index (χ3n) is 3.42. The molecule has 0 spiro atoms. The van der Waals surface area contributed by atoms with E-state index in [9.17, 15) is 4.79 Å². The SMILES string of the molecule is COc1cc(OC)cc(C2SCC(=O)N2CCN(C)C)c1. The van der Waals surface area contributed by atoms with Crippen molar-refractivity contribution in [2.45, 2.75) is 5.37 Å². The number of carbonyl (C=O) groups excluding carboxylic acids is 1. The zero-order valence-corrected chi connectivity index (χ0v) is 13.8. The van der Waals surface area contributed by atoms with Gasteiger partial charge in [0.1, 0.15) is 16.9 Å². The van der Waals surface area contributed by atoms with Crippen molar-refractivity contribution in [3.63, 3.8) is 0 Å². The first-order valence-electron chi connectivity index (χ1n) is 6.84. The Morgan fingerprint density at radius 3 is 2.38 bits per heavy atom. The Balaban J connectivity index is 2.24. The van der Waals surface area contributed by atoms with Crippen molar-refractivity contribution in [2.24, 2.45) is 0 Å². The Bertz CT molecular complexity index is 485. The fourth-order valence-electron chi connectivity index (χ4n) is 2.25. The Labute approximate surface area is 130 Å². The maximum absolute atomic E-state index is 12.1. The van der Waals surface area contributed by atoms with Gasteiger partial charge in [-0.05, 0) is 31.8 Å². The van der Waals surface area contributed by atoms with Crippen molar-refractivity contribution in [3.8, 4) is 11.5 Å². The molecular formula is C15H22N2O3S. The quantitative estimate of drug-likeness (QED) is 0.802. The number of hydrogen-bond donors (Lipinski definition) is 0. The van der Waals surface area contributed by atoms with E-state index in [2.05, 4.69) is 4.90 Å². The second-order valence-electron chi connectivity index (χ2n) is 5.20. The second-order valence-corrected chi connectivity index (χ2v) is 6.27. The molecule has 0 N–H and O–H groups in total. The molecule has 1 aromatic rings. The lowest BCUT2D eigenvalue weighted by Crippen LogP contribution is -2.34. The van der Waals surface area contributed by atoms with Crippen molar-refractivity contribution >= 4 is 17.7 Å². The van der Waals surface area contributed by atoms with Crippen LogP contribution in [0.2, 0.25) is 0 Å². The third-order valence-corrected chi connectivity index (χ3v) is 4.67. The molecule has 0 aromatic heterocycles. The fourth-order valence-corrected chi connectivity index (χ4v) is 3.45. The summed E-state index contributed by atoms with van der Waals surface area (Å²) in [5.74, 6) is 2.21. The summed E-state index contributed by atoms with van der Waals surface area (Å²) in [5.41, 5.74) is 1.04. The van der Waals surface area contributed by atoms with Crippen molar-refractivity contribution in [1.29, 1.82) is 0 Å². The number of benzene rings is 1. The summed E-state index contributed by atoms with van der Waals surface area (Å²) in [6.45, 7) is 1.58. The van der Waals surface area contributed by atoms with E-state index in [1.807, 2.05) is 37.2 Å². The highest BCUT2D eigenvalue weighted by Gasteiger charge is 2.33. The van der Waals surface area contributed by atoms with Gasteiger partial charge in [0.2, 0.25) is 5.91 Å². The van der Waals surface area contributed by atoms with Crippen LogP contribution in [0.15, 0.2) is 18.2 Å². The van der Waals surface area contributed by atoms with E-state index in [4.69, 9.17) is 9.47 Å². The molecular weight excluding hydrogens is 288 g/mol. The number of amides is 1. The van der Waals surface area contributed by atoms with Crippen LogP contribution in [0.25, 0.3) is 0 Å². The molecule has 0 radical (unpaired) electrons. The van der Waals surface area contributed by atoms with Crippen LogP contribution in [0, 0.1) is 0 Å². The van der Waals surface area contributed by atoms with Gasteiger partial charge >= 0.3 is 0 Å². The molecule has 1 aliphatic rings. The highest BCUT2D eigenvalue weighted by molar-refractivity contribution is 8.00. The van der Waals surface area contributed by atoms with Gasteiger partial charge in [-0.1, -0.05) is 0 Å². The number of ether oxygens (including phenoxy) is 2. The molecule has 6 heteroatoms. The number of rotatable bonds is 6. The largest absolute Gasteiger partial charge is 0.497 e. The Hall–Kier alpha value is -1.40. The summed E-state index contributed by atoms with van der Waals surface area (Å²) in [6.07, 6.45) is 0. The molecule has 1 atom stereocenters. The predicted molar refractivity (Wildman–Crippen MR) is 85.0 cm³/mol. The fraction of sp³-hybridized carbons (Fsp3) is 0.533. The minimum absolute atomic E-state index is 0.0291. The zero-order valence-electron chi connectivity index (χ0n) is 13.0. The first kappa shape index (κ1) is 16.0. The summed E-state index contributed by atoms with van der Waals surface area (Å²) in [4.78, 5) is 16.1. The normalized spacial score (nSPS) is 18.4. The van der Waals surface area contributed by atoms with Gasteiger partial charge in [-0.25, -0.2) is 0 Å². The lowest BCUT2D eigenvalue weighted by atomic mass is 10.1. The molecule has 116 valence electrons. The molecule has 1 fully saturated rings. The van der Waals surface area contributed by atoms with Gasteiger partial charge in [0, 0.05) is 19.2 Å². The lowest BCUT2D eigenvalue weighted by molar-refractivity contribution is -0.128. The summed E-state index contributed by atoms with van der Waals surface area (Å²) in [7, 11) is 7.29. The molecule has 1 amide bonds. The minimum atomic E-state index is 0.0291. The first-order chi connectivity index (χ1) is 10.0. The highest BCUT2D eigenvalue weighted by atomic mass is 32.2. The van der Waals surface area contributed by atoms with Gasteiger partial charge < -0.3 is 19.3 Å². The summed E-state index contributed by atoms with van der Waals surface area (Å²) < 4.78 is 10.6. The number of thioether (sulfide) groups is 1. The van der Waals surface area contributed by atoms with Crippen LogP contribution in [0.5, 0.6) is 11.5 Å². The van der Waals surface area contributed by atoms with E-state index in [1.54, 1.807) is 26.0 Å². The first-order valence-corrected chi connectivity index (χ1v) is 7.88. The number of hydrogen-bond acceptors (Lipinski definition) is 5. The van der Waals surface area contributed by atoms with Gasteiger partial charge in [-0.2, -0.15) is 0 Å². The van der Waals surface area contributed by atoms with Crippen molar-refractivity contribution < 1.29 is 14.3 Å². The maximum Gasteiger partial charge on any atom is 0.233 e. The number of carbonyl (C=O) groups is 1. The molecule has 1 heterocycles. The van der Waals surface area contributed by atoms with Gasteiger partial charge in [0.15, 0.2) is 0 Å². The van der Waals surface area contributed by atoms with E-state index in [0.29, 0.717) is 5.75 Å².